The molecule has 1 amide bonds. The van der Waals surface area contributed by atoms with Crippen molar-refractivity contribution in [3.8, 4) is 0 Å². The Kier molecular flexibility index (Phi) is 6.60. The summed E-state index contributed by atoms with van der Waals surface area (Å²) in [7, 11) is 0. The van der Waals surface area contributed by atoms with Crippen LogP contribution in [0.15, 0.2) is 48.8 Å². The zero-order valence-corrected chi connectivity index (χ0v) is 13.9. The number of hydrogen-bond acceptors (Lipinski definition) is 3. The lowest BCUT2D eigenvalue weighted by Gasteiger charge is -2.12. The number of nitrogens with one attached hydrogen (secondary N) is 2. The van der Waals surface area contributed by atoms with E-state index >= 15 is 0 Å². The monoisotopic (exact) mass is 311 g/mol. The molecule has 0 saturated carbocycles. The standard InChI is InChI=1S/C19H25N3O/c1-3-15(2)22-19(23)17-12-18(14-20-13-17)21-11-7-10-16-8-5-4-6-9-16/h4-6,8-9,12-15,21H,3,7,10-11H2,1-2H3,(H,22,23). The maximum atomic E-state index is 12.1. The number of amides is 1. The van der Waals surface area contributed by atoms with Gasteiger partial charge in [0.1, 0.15) is 0 Å². The maximum absolute atomic E-state index is 12.1. The summed E-state index contributed by atoms with van der Waals surface area (Å²) >= 11 is 0. The van der Waals surface area contributed by atoms with E-state index in [0.717, 1.165) is 31.5 Å². The highest BCUT2D eigenvalue weighted by molar-refractivity contribution is 5.94. The Balaban J connectivity index is 1.81. The van der Waals surface area contributed by atoms with Crippen molar-refractivity contribution in [3.63, 3.8) is 0 Å². The van der Waals surface area contributed by atoms with E-state index in [-0.39, 0.29) is 11.9 Å². The Morgan fingerprint density at radius 1 is 1.22 bits per heavy atom. The van der Waals surface area contributed by atoms with Crippen molar-refractivity contribution in [3.05, 3.63) is 59.9 Å². The first-order chi connectivity index (χ1) is 11.2. The van der Waals surface area contributed by atoms with Gasteiger partial charge in [-0.3, -0.25) is 9.78 Å². The second kappa shape index (κ2) is 8.93. The summed E-state index contributed by atoms with van der Waals surface area (Å²) in [5, 5.41) is 6.29. The second-order valence-corrected chi connectivity index (χ2v) is 5.76. The van der Waals surface area contributed by atoms with Gasteiger partial charge in [-0.15, -0.1) is 0 Å². The largest absolute Gasteiger partial charge is 0.384 e. The van der Waals surface area contributed by atoms with Crippen LogP contribution in [-0.2, 0) is 6.42 Å². The number of aromatic nitrogens is 1. The highest BCUT2D eigenvalue weighted by atomic mass is 16.1. The molecule has 0 spiro atoms. The van der Waals surface area contributed by atoms with E-state index in [1.165, 1.54) is 5.56 Å². The summed E-state index contributed by atoms with van der Waals surface area (Å²) in [5.74, 6) is -0.0696. The fraction of sp³-hybridized carbons (Fsp3) is 0.368. The lowest BCUT2D eigenvalue weighted by atomic mass is 10.1. The van der Waals surface area contributed by atoms with Crippen LogP contribution >= 0.6 is 0 Å². The minimum absolute atomic E-state index is 0.0696. The summed E-state index contributed by atoms with van der Waals surface area (Å²) < 4.78 is 0. The van der Waals surface area contributed by atoms with Crippen LogP contribution in [0.1, 0.15) is 42.6 Å². The Bertz CT molecular complexity index is 613. The Morgan fingerprint density at radius 2 is 2.00 bits per heavy atom. The van der Waals surface area contributed by atoms with Gasteiger partial charge >= 0.3 is 0 Å². The zero-order chi connectivity index (χ0) is 16.5. The van der Waals surface area contributed by atoms with Gasteiger partial charge in [-0.05, 0) is 37.8 Å². The van der Waals surface area contributed by atoms with E-state index in [1.807, 2.05) is 26.0 Å². The molecule has 1 aromatic carbocycles. The highest BCUT2D eigenvalue weighted by Gasteiger charge is 2.09. The molecule has 1 atom stereocenters. The number of carbonyl (C=O) groups excluding carboxylic acids is 1. The highest BCUT2D eigenvalue weighted by Crippen LogP contribution is 2.10. The summed E-state index contributed by atoms with van der Waals surface area (Å²) in [4.78, 5) is 16.3. The number of aryl methyl sites for hydroxylation is 1. The van der Waals surface area contributed by atoms with Crippen molar-refractivity contribution in [1.29, 1.82) is 0 Å². The van der Waals surface area contributed by atoms with E-state index in [2.05, 4.69) is 39.9 Å². The lowest BCUT2D eigenvalue weighted by Crippen LogP contribution is -2.32. The van der Waals surface area contributed by atoms with Crippen LogP contribution in [0.4, 0.5) is 5.69 Å². The minimum Gasteiger partial charge on any atom is -0.384 e. The fourth-order valence-electron chi connectivity index (χ4n) is 2.24. The van der Waals surface area contributed by atoms with E-state index in [4.69, 9.17) is 0 Å². The zero-order valence-electron chi connectivity index (χ0n) is 13.9. The molecule has 122 valence electrons. The van der Waals surface area contributed by atoms with Gasteiger partial charge in [0.15, 0.2) is 0 Å². The van der Waals surface area contributed by atoms with Gasteiger partial charge in [-0.2, -0.15) is 0 Å². The van der Waals surface area contributed by atoms with E-state index in [1.54, 1.807) is 12.4 Å². The minimum atomic E-state index is -0.0696. The van der Waals surface area contributed by atoms with Crippen molar-refractivity contribution < 1.29 is 4.79 Å². The molecule has 1 unspecified atom stereocenters. The van der Waals surface area contributed by atoms with E-state index in [0.29, 0.717) is 5.56 Å². The smallest absolute Gasteiger partial charge is 0.253 e. The lowest BCUT2D eigenvalue weighted by molar-refractivity contribution is 0.0939. The number of benzene rings is 1. The quantitative estimate of drug-likeness (QED) is 0.732. The number of carbonyl (C=O) groups is 1. The molecule has 0 fully saturated rings. The molecule has 2 aromatic rings. The predicted octanol–water partition coefficient (Wildman–Crippen LogP) is 3.65. The molecule has 2 rings (SSSR count). The van der Waals surface area contributed by atoms with Gasteiger partial charge in [0, 0.05) is 25.0 Å². The third-order valence-corrected chi connectivity index (χ3v) is 3.80. The molecule has 4 nitrogen and oxygen atoms in total. The number of hydrogen-bond donors (Lipinski definition) is 2. The molecule has 4 heteroatoms. The normalized spacial score (nSPS) is 11.7. The Morgan fingerprint density at radius 3 is 2.74 bits per heavy atom. The Hall–Kier alpha value is -2.36. The molecule has 1 heterocycles. The molecule has 23 heavy (non-hydrogen) atoms. The van der Waals surface area contributed by atoms with Crippen molar-refractivity contribution in [1.82, 2.24) is 10.3 Å². The first kappa shape index (κ1) is 17.0. The molecule has 0 saturated heterocycles. The topological polar surface area (TPSA) is 54.0 Å². The van der Waals surface area contributed by atoms with Crippen molar-refractivity contribution >= 4 is 11.6 Å². The number of rotatable bonds is 8. The number of pyridine rings is 1. The molecule has 0 bridgehead atoms. The van der Waals surface area contributed by atoms with Gasteiger partial charge in [-0.25, -0.2) is 0 Å². The third-order valence-electron chi connectivity index (χ3n) is 3.80. The van der Waals surface area contributed by atoms with Crippen LogP contribution in [0.5, 0.6) is 0 Å². The first-order valence-electron chi connectivity index (χ1n) is 8.22. The molecule has 2 N–H and O–H groups in total. The van der Waals surface area contributed by atoms with Crippen LogP contribution in [0, 0.1) is 0 Å². The third kappa shape index (κ3) is 5.74. The van der Waals surface area contributed by atoms with Gasteiger partial charge < -0.3 is 10.6 Å². The molecule has 0 aliphatic carbocycles. The van der Waals surface area contributed by atoms with Crippen LogP contribution in [0.25, 0.3) is 0 Å². The van der Waals surface area contributed by atoms with Crippen LogP contribution in [0.2, 0.25) is 0 Å². The van der Waals surface area contributed by atoms with Crippen molar-refractivity contribution in [2.75, 3.05) is 11.9 Å². The van der Waals surface area contributed by atoms with Gasteiger partial charge in [0.2, 0.25) is 0 Å². The number of nitrogens with zero attached hydrogens (tertiary/aromatic N) is 1. The average molecular weight is 311 g/mol. The van der Waals surface area contributed by atoms with E-state index in [9.17, 15) is 4.79 Å². The molecular weight excluding hydrogens is 286 g/mol. The number of anilines is 1. The summed E-state index contributed by atoms with van der Waals surface area (Å²) in [5.41, 5.74) is 2.82. The summed E-state index contributed by atoms with van der Waals surface area (Å²) in [6.07, 6.45) is 6.34. The molecular formula is C19H25N3O. The van der Waals surface area contributed by atoms with Crippen LogP contribution in [0.3, 0.4) is 0 Å². The molecule has 1 aromatic heterocycles. The molecule has 0 aliphatic heterocycles. The molecule has 0 aliphatic rings. The summed E-state index contributed by atoms with van der Waals surface area (Å²) in [6, 6.07) is 12.5. The fourth-order valence-corrected chi connectivity index (χ4v) is 2.24. The van der Waals surface area contributed by atoms with Crippen molar-refractivity contribution in [2.45, 2.75) is 39.2 Å². The van der Waals surface area contributed by atoms with Gasteiger partial charge in [0.25, 0.3) is 5.91 Å². The van der Waals surface area contributed by atoms with Crippen molar-refractivity contribution in [2.24, 2.45) is 0 Å². The Labute approximate surface area is 138 Å². The van der Waals surface area contributed by atoms with Gasteiger partial charge in [0.05, 0.1) is 11.3 Å². The van der Waals surface area contributed by atoms with Crippen LogP contribution < -0.4 is 10.6 Å². The SMILES string of the molecule is CCC(C)NC(=O)c1cncc(NCCCc2ccccc2)c1. The van der Waals surface area contributed by atoms with E-state index < -0.39 is 0 Å². The maximum Gasteiger partial charge on any atom is 0.253 e. The second-order valence-electron chi connectivity index (χ2n) is 5.76. The van der Waals surface area contributed by atoms with Gasteiger partial charge in [-0.1, -0.05) is 37.3 Å². The first-order valence-corrected chi connectivity index (χ1v) is 8.22. The molecule has 0 radical (unpaired) electrons. The average Bonchev–Trinajstić information content (AvgIpc) is 2.59. The predicted molar refractivity (Wildman–Crippen MR) is 94.7 cm³/mol. The summed E-state index contributed by atoms with van der Waals surface area (Å²) in [6.45, 7) is 4.90. The van der Waals surface area contributed by atoms with Crippen LogP contribution in [-0.4, -0.2) is 23.5 Å².